The first-order valence-electron chi connectivity index (χ1n) is 6.11. The molecule has 0 unspecified atom stereocenters. The Balaban J connectivity index is 2.10. The summed E-state index contributed by atoms with van der Waals surface area (Å²) in [7, 11) is 0. The van der Waals surface area contributed by atoms with Crippen molar-refractivity contribution in [2.24, 2.45) is 5.73 Å². The monoisotopic (exact) mass is 274 g/mol. The first kappa shape index (κ1) is 13.7. The molecule has 1 aromatic heterocycles. The van der Waals surface area contributed by atoms with Crippen molar-refractivity contribution in [3.05, 3.63) is 64.4 Å². The molecule has 0 amide bonds. The zero-order valence-corrected chi connectivity index (χ0v) is 11.2. The van der Waals surface area contributed by atoms with Gasteiger partial charge in [0, 0.05) is 24.4 Å². The number of carbonyl (C=O) groups is 1. The first-order chi connectivity index (χ1) is 9.20. The fourth-order valence-electron chi connectivity index (χ4n) is 1.85. The number of pyridine rings is 1. The van der Waals surface area contributed by atoms with E-state index in [0.717, 1.165) is 17.5 Å². The Labute approximate surface area is 117 Å². The molecule has 0 saturated carbocycles. The van der Waals surface area contributed by atoms with Gasteiger partial charge in [0.25, 0.3) is 0 Å². The lowest BCUT2D eigenvalue weighted by atomic mass is 10.0. The van der Waals surface area contributed by atoms with E-state index in [1.807, 2.05) is 24.3 Å². The molecule has 0 aliphatic carbocycles. The number of aromatic nitrogens is 1. The molecule has 19 heavy (non-hydrogen) atoms. The molecule has 0 atom stereocenters. The van der Waals surface area contributed by atoms with Crippen molar-refractivity contribution in [2.45, 2.75) is 12.8 Å². The van der Waals surface area contributed by atoms with Crippen LogP contribution in [-0.2, 0) is 12.8 Å². The van der Waals surface area contributed by atoms with E-state index in [2.05, 4.69) is 4.98 Å². The number of hydrogen-bond acceptors (Lipinski definition) is 3. The predicted octanol–water partition coefficient (Wildman–Crippen LogP) is 2.66. The molecule has 0 aliphatic rings. The summed E-state index contributed by atoms with van der Waals surface area (Å²) in [5, 5.41) is 0.524. The topological polar surface area (TPSA) is 56.0 Å². The molecule has 3 nitrogen and oxygen atoms in total. The Bertz CT molecular complexity index is 567. The molecule has 0 spiro atoms. The quantitative estimate of drug-likeness (QED) is 0.853. The number of rotatable bonds is 5. The van der Waals surface area contributed by atoms with E-state index in [1.54, 1.807) is 18.5 Å². The Hall–Kier alpha value is -1.71. The molecule has 0 bridgehead atoms. The Kier molecular flexibility index (Phi) is 4.66. The fourth-order valence-corrected chi connectivity index (χ4v) is 2.03. The number of carbonyl (C=O) groups excluding carboxylic acids is 1. The van der Waals surface area contributed by atoms with Gasteiger partial charge < -0.3 is 5.73 Å². The number of ketones is 1. The average molecular weight is 275 g/mol. The summed E-state index contributed by atoms with van der Waals surface area (Å²) in [6, 6.07) is 9.32. The molecule has 0 fully saturated rings. The first-order valence-corrected chi connectivity index (χ1v) is 6.49. The summed E-state index contributed by atoms with van der Waals surface area (Å²) in [4.78, 5) is 16.0. The van der Waals surface area contributed by atoms with Crippen LogP contribution in [-0.4, -0.2) is 17.3 Å². The van der Waals surface area contributed by atoms with Gasteiger partial charge >= 0.3 is 0 Å². The van der Waals surface area contributed by atoms with Gasteiger partial charge in [0.15, 0.2) is 5.78 Å². The molecule has 1 aromatic carbocycles. The number of nitrogens with zero attached hydrogens (tertiary/aromatic N) is 1. The molecule has 0 aliphatic heterocycles. The van der Waals surface area contributed by atoms with Crippen molar-refractivity contribution in [1.29, 1.82) is 0 Å². The van der Waals surface area contributed by atoms with Crippen LogP contribution < -0.4 is 5.73 Å². The van der Waals surface area contributed by atoms with Gasteiger partial charge in [-0.05, 0) is 30.2 Å². The maximum absolute atomic E-state index is 12.1. The van der Waals surface area contributed by atoms with E-state index in [-0.39, 0.29) is 12.2 Å². The van der Waals surface area contributed by atoms with Crippen LogP contribution in [0.4, 0.5) is 0 Å². The summed E-state index contributed by atoms with van der Waals surface area (Å²) < 4.78 is 0. The maximum atomic E-state index is 12.1. The second kappa shape index (κ2) is 6.45. The Morgan fingerprint density at radius 1 is 1.21 bits per heavy atom. The summed E-state index contributed by atoms with van der Waals surface area (Å²) in [5.41, 5.74) is 8.12. The van der Waals surface area contributed by atoms with Crippen molar-refractivity contribution in [3.8, 4) is 0 Å². The summed E-state index contributed by atoms with van der Waals surface area (Å²) in [5.74, 6) is 0.0485. The van der Waals surface area contributed by atoms with Crippen LogP contribution in [0.1, 0.15) is 21.5 Å². The molecule has 0 radical (unpaired) electrons. The SMILES string of the molecule is NCCc1ccc(C(=O)Cc2ccncc2Cl)cc1. The van der Waals surface area contributed by atoms with Gasteiger partial charge in [0.2, 0.25) is 0 Å². The third-order valence-electron chi connectivity index (χ3n) is 2.92. The van der Waals surface area contributed by atoms with Crippen LogP contribution in [0.3, 0.4) is 0 Å². The van der Waals surface area contributed by atoms with E-state index in [1.165, 1.54) is 0 Å². The maximum Gasteiger partial charge on any atom is 0.167 e. The zero-order valence-electron chi connectivity index (χ0n) is 10.5. The molecule has 98 valence electrons. The minimum Gasteiger partial charge on any atom is -0.330 e. The number of halogens is 1. The summed E-state index contributed by atoms with van der Waals surface area (Å²) in [6.45, 7) is 0.611. The van der Waals surface area contributed by atoms with E-state index in [4.69, 9.17) is 17.3 Å². The Morgan fingerprint density at radius 2 is 1.95 bits per heavy atom. The highest BCUT2D eigenvalue weighted by atomic mass is 35.5. The number of Topliss-reactive ketones (excluding diaryl/α,β-unsaturated/α-hetero) is 1. The molecule has 2 N–H and O–H groups in total. The number of hydrogen-bond donors (Lipinski definition) is 1. The molecule has 2 rings (SSSR count). The van der Waals surface area contributed by atoms with E-state index < -0.39 is 0 Å². The normalized spacial score (nSPS) is 10.4. The zero-order chi connectivity index (χ0) is 13.7. The van der Waals surface area contributed by atoms with Crippen molar-refractivity contribution in [2.75, 3.05) is 6.54 Å². The minimum atomic E-state index is 0.0485. The van der Waals surface area contributed by atoms with Gasteiger partial charge in [0.1, 0.15) is 0 Å². The van der Waals surface area contributed by atoms with E-state index >= 15 is 0 Å². The second-order valence-electron chi connectivity index (χ2n) is 4.30. The highest BCUT2D eigenvalue weighted by Crippen LogP contribution is 2.16. The lowest BCUT2D eigenvalue weighted by Gasteiger charge is -2.04. The van der Waals surface area contributed by atoms with Crippen LogP contribution in [0.25, 0.3) is 0 Å². The Morgan fingerprint density at radius 3 is 2.58 bits per heavy atom. The summed E-state index contributed by atoms with van der Waals surface area (Å²) in [6.07, 6.45) is 4.30. The van der Waals surface area contributed by atoms with E-state index in [0.29, 0.717) is 17.1 Å². The van der Waals surface area contributed by atoms with Crippen LogP contribution in [0.2, 0.25) is 5.02 Å². The van der Waals surface area contributed by atoms with Crippen molar-refractivity contribution < 1.29 is 4.79 Å². The van der Waals surface area contributed by atoms with Gasteiger partial charge in [-0.15, -0.1) is 0 Å². The van der Waals surface area contributed by atoms with Gasteiger partial charge in [0.05, 0.1) is 5.02 Å². The highest BCUT2D eigenvalue weighted by molar-refractivity contribution is 6.31. The second-order valence-corrected chi connectivity index (χ2v) is 4.71. The molecule has 4 heteroatoms. The van der Waals surface area contributed by atoms with Crippen molar-refractivity contribution >= 4 is 17.4 Å². The van der Waals surface area contributed by atoms with Gasteiger partial charge in [-0.3, -0.25) is 9.78 Å². The smallest absolute Gasteiger partial charge is 0.167 e. The largest absolute Gasteiger partial charge is 0.330 e. The van der Waals surface area contributed by atoms with Crippen molar-refractivity contribution in [1.82, 2.24) is 4.98 Å². The van der Waals surface area contributed by atoms with Crippen molar-refractivity contribution in [3.63, 3.8) is 0 Å². The fraction of sp³-hybridized carbons (Fsp3) is 0.200. The van der Waals surface area contributed by atoms with Crippen LogP contribution in [0, 0.1) is 0 Å². The lowest BCUT2D eigenvalue weighted by molar-refractivity contribution is 0.0993. The molecular formula is C15H15ClN2O. The van der Waals surface area contributed by atoms with Gasteiger partial charge in [-0.1, -0.05) is 35.9 Å². The molecule has 2 aromatic rings. The predicted molar refractivity (Wildman–Crippen MR) is 76.5 cm³/mol. The number of benzene rings is 1. The molecular weight excluding hydrogens is 260 g/mol. The van der Waals surface area contributed by atoms with Crippen LogP contribution >= 0.6 is 11.6 Å². The third-order valence-corrected chi connectivity index (χ3v) is 3.26. The standard InChI is InChI=1S/C15H15ClN2O/c16-14-10-18-8-6-13(14)9-15(19)12-3-1-11(2-4-12)5-7-17/h1-4,6,8,10H,5,7,9,17H2. The lowest BCUT2D eigenvalue weighted by Crippen LogP contribution is -2.06. The molecule has 0 saturated heterocycles. The van der Waals surface area contributed by atoms with E-state index in [9.17, 15) is 4.79 Å². The summed E-state index contributed by atoms with van der Waals surface area (Å²) >= 11 is 5.99. The van der Waals surface area contributed by atoms with Gasteiger partial charge in [-0.2, -0.15) is 0 Å². The third kappa shape index (κ3) is 3.63. The number of nitrogens with two attached hydrogens (primary N) is 1. The van der Waals surface area contributed by atoms with Gasteiger partial charge in [-0.25, -0.2) is 0 Å². The van der Waals surface area contributed by atoms with Crippen LogP contribution in [0.15, 0.2) is 42.7 Å². The minimum absolute atomic E-state index is 0.0485. The highest BCUT2D eigenvalue weighted by Gasteiger charge is 2.09. The molecule has 1 heterocycles. The average Bonchev–Trinajstić information content (AvgIpc) is 2.42. The van der Waals surface area contributed by atoms with Crippen LogP contribution in [0.5, 0.6) is 0 Å².